The standard InChI is InChI=1S/C19H18IN3O2/c1-13-2-8-17(9-3-13)23-12-15(10-18(23)24)19(25)22-21-11-14-4-6-16(20)7-5-14/h2-9,11,15H,10,12H2,1H3,(H,22,25)/b21-11+. The molecule has 2 aromatic rings. The summed E-state index contributed by atoms with van der Waals surface area (Å²) in [6.07, 6.45) is 1.81. The molecule has 25 heavy (non-hydrogen) atoms. The zero-order valence-corrected chi connectivity index (χ0v) is 15.9. The second-order valence-electron chi connectivity index (χ2n) is 6.03. The number of halogens is 1. The van der Waals surface area contributed by atoms with Crippen LogP contribution in [0.5, 0.6) is 0 Å². The van der Waals surface area contributed by atoms with Gasteiger partial charge in [0.1, 0.15) is 0 Å². The van der Waals surface area contributed by atoms with E-state index in [-0.39, 0.29) is 24.2 Å². The highest BCUT2D eigenvalue weighted by atomic mass is 127. The van der Waals surface area contributed by atoms with Gasteiger partial charge in [0, 0.05) is 22.2 Å². The highest BCUT2D eigenvalue weighted by molar-refractivity contribution is 14.1. The maximum atomic E-state index is 12.3. The van der Waals surface area contributed by atoms with Crippen molar-refractivity contribution < 1.29 is 9.59 Å². The molecule has 1 saturated heterocycles. The summed E-state index contributed by atoms with van der Waals surface area (Å²) >= 11 is 2.23. The smallest absolute Gasteiger partial charge is 0.245 e. The molecule has 6 heteroatoms. The molecule has 0 saturated carbocycles. The predicted molar refractivity (Wildman–Crippen MR) is 107 cm³/mol. The molecule has 3 rings (SSSR count). The lowest BCUT2D eigenvalue weighted by atomic mass is 10.1. The van der Waals surface area contributed by atoms with E-state index in [9.17, 15) is 9.59 Å². The molecule has 1 aliphatic heterocycles. The molecule has 0 aliphatic carbocycles. The first-order valence-electron chi connectivity index (χ1n) is 7.98. The van der Waals surface area contributed by atoms with Crippen LogP contribution in [0.1, 0.15) is 17.5 Å². The number of nitrogens with zero attached hydrogens (tertiary/aromatic N) is 2. The Bertz CT molecular complexity index is 800. The summed E-state index contributed by atoms with van der Waals surface area (Å²) in [5, 5.41) is 3.99. The molecule has 5 nitrogen and oxygen atoms in total. The van der Waals surface area contributed by atoms with E-state index in [1.165, 1.54) is 0 Å². The van der Waals surface area contributed by atoms with Gasteiger partial charge in [-0.1, -0.05) is 29.8 Å². The van der Waals surface area contributed by atoms with E-state index in [0.29, 0.717) is 6.54 Å². The van der Waals surface area contributed by atoms with Crippen LogP contribution in [0.3, 0.4) is 0 Å². The molecule has 1 N–H and O–H groups in total. The van der Waals surface area contributed by atoms with Crippen LogP contribution in [0, 0.1) is 16.4 Å². The Morgan fingerprint density at radius 3 is 2.56 bits per heavy atom. The molecule has 0 aromatic heterocycles. The third kappa shape index (κ3) is 4.45. The Morgan fingerprint density at radius 1 is 1.20 bits per heavy atom. The van der Waals surface area contributed by atoms with E-state index in [2.05, 4.69) is 33.1 Å². The Kier molecular flexibility index (Phi) is 5.47. The maximum absolute atomic E-state index is 12.3. The quantitative estimate of drug-likeness (QED) is 0.445. The molecule has 2 aromatic carbocycles. The van der Waals surface area contributed by atoms with Gasteiger partial charge >= 0.3 is 0 Å². The fraction of sp³-hybridized carbons (Fsp3) is 0.211. The Hall–Kier alpha value is -2.22. The number of hydrogen-bond acceptors (Lipinski definition) is 3. The van der Waals surface area contributed by atoms with Gasteiger partial charge in [-0.2, -0.15) is 5.10 Å². The summed E-state index contributed by atoms with van der Waals surface area (Å²) in [5.41, 5.74) is 5.41. The summed E-state index contributed by atoms with van der Waals surface area (Å²) < 4.78 is 1.14. The number of hydrazone groups is 1. The molecule has 128 valence electrons. The lowest BCUT2D eigenvalue weighted by Gasteiger charge is -2.16. The van der Waals surface area contributed by atoms with E-state index in [4.69, 9.17) is 0 Å². The molecule has 0 radical (unpaired) electrons. The number of benzene rings is 2. The summed E-state index contributed by atoms with van der Waals surface area (Å²) in [7, 11) is 0. The lowest BCUT2D eigenvalue weighted by molar-refractivity contribution is -0.126. The van der Waals surface area contributed by atoms with Crippen LogP contribution in [0.2, 0.25) is 0 Å². The van der Waals surface area contributed by atoms with Crippen molar-refractivity contribution in [2.75, 3.05) is 11.4 Å². The van der Waals surface area contributed by atoms with Crippen molar-refractivity contribution in [3.8, 4) is 0 Å². The Balaban J connectivity index is 1.59. The van der Waals surface area contributed by atoms with Gasteiger partial charge in [0.2, 0.25) is 11.8 Å². The van der Waals surface area contributed by atoms with Gasteiger partial charge < -0.3 is 4.90 Å². The van der Waals surface area contributed by atoms with Crippen LogP contribution in [0.25, 0.3) is 0 Å². The monoisotopic (exact) mass is 447 g/mol. The fourth-order valence-electron chi connectivity index (χ4n) is 2.67. The highest BCUT2D eigenvalue weighted by Crippen LogP contribution is 2.25. The van der Waals surface area contributed by atoms with Gasteiger partial charge in [0.05, 0.1) is 12.1 Å². The van der Waals surface area contributed by atoms with Crippen molar-refractivity contribution in [1.82, 2.24) is 5.43 Å². The number of rotatable bonds is 4. The maximum Gasteiger partial charge on any atom is 0.245 e. The molecule has 1 fully saturated rings. The summed E-state index contributed by atoms with van der Waals surface area (Å²) in [6.45, 7) is 2.38. The van der Waals surface area contributed by atoms with E-state index >= 15 is 0 Å². The van der Waals surface area contributed by atoms with Gasteiger partial charge in [-0.15, -0.1) is 0 Å². The Morgan fingerprint density at radius 2 is 1.88 bits per heavy atom. The van der Waals surface area contributed by atoms with Crippen molar-refractivity contribution in [3.63, 3.8) is 0 Å². The van der Waals surface area contributed by atoms with Gasteiger partial charge in [0.25, 0.3) is 0 Å². The Labute approximate surface area is 160 Å². The van der Waals surface area contributed by atoms with Crippen LogP contribution in [0.4, 0.5) is 5.69 Å². The van der Waals surface area contributed by atoms with Crippen molar-refractivity contribution >= 4 is 46.3 Å². The molecular formula is C19H18IN3O2. The molecule has 1 atom stereocenters. The van der Waals surface area contributed by atoms with E-state index in [0.717, 1.165) is 20.4 Å². The first kappa shape index (κ1) is 17.6. The zero-order valence-electron chi connectivity index (χ0n) is 13.8. The number of nitrogens with one attached hydrogen (secondary N) is 1. The van der Waals surface area contributed by atoms with E-state index < -0.39 is 0 Å². The van der Waals surface area contributed by atoms with Gasteiger partial charge in [-0.3, -0.25) is 9.59 Å². The lowest BCUT2D eigenvalue weighted by Crippen LogP contribution is -2.30. The van der Waals surface area contributed by atoms with Crippen LogP contribution in [-0.4, -0.2) is 24.6 Å². The average Bonchev–Trinajstić information content (AvgIpc) is 2.99. The molecule has 2 amide bonds. The molecule has 1 unspecified atom stereocenters. The number of aryl methyl sites for hydroxylation is 1. The van der Waals surface area contributed by atoms with E-state index in [1.807, 2.05) is 55.5 Å². The number of carbonyl (C=O) groups is 2. The highest BCUT2D eigenvalue weighted by Gasteiger charge is 2.35. The summed E-state index contributed by atoms with van der Waals surface area (Å²) in [4.78, 5) is 26.1. The second kappa shape index (κ2) is 7.77. The number of amides is 2. The number of hydrogen-bond donors (Lipinski definition) is 1. The van der Waals surface area contributed by atoms with Crippen molar-refractivity contribution in [2.24, 2.45) is 11.0 Å². The minimum Gasteiger partial charge on any atom is -0.312 e. The first-order chi connectivity index (χ1) is 12.0. The third-order valence-corrected chi connectivity index (χ3v) is 4.82. The SMILES string of the molecule is Cc1ccc(N2CC(C(=O)N/N=C/c3ccc(I)cc3)CC2=O)cc1. The van der Waals surface area contributed by atoms with Crippen LogP contribution in [-0.2, 0) is 9.59 Å². The molecule has 1 heterocycles. The van der Waals surface area contributed by atoms with Gasteiger partial charge in [-0.05, 0) is 59.3 Å². The van der Waals surface area contributed by atoms with Crippen molar-refractivity contribution in [2.45, 2.75) is 13.3 Å². The van der Waals surface area contributed by atoms with Crippen LogP contribution >= 0.6 is 22.6 Å². The second-order valence-corrected chi connectivity index (χ2v) is 7.27. The molecule has 1 aliphatic rings. The summed E-state index contributed by atoms with van der Waals surface area (Å²) in [6, 6.07) is 15.5. The third-order valence-electron chi connectivity index (χ3n) is 4.10. The fourth-order valence-corrected chi connectivity index (χ4v) is 3.03. The minimum atomic E-state index is -0.386. The molecule has 0 bridgehead atoms. The zero-order chi connectivity index (χ0) is 17.8. The molecular weight excluding hydrogens is 429 g/mol. The van der Waals surface area contributed by atoms with E-state index in [1.54, 1.807) is 11.1 Å². The largest absolute Gasteiger partial charge is 0.312 e. The van der Waals surface area contributed by atoms with Crippen LogP contribution in [0.15, 0.2) is 53.6 Å². The van der Waals surface area contributed by atoms with Crippen molar-refractivity contribution in [3.05, 3.63) is 63.2 Å². The van der Waals surface area contributed by atoms with Crippen molar-refractivity contribution in [1.29, 1.82) is 0 Å². The number of carbonyl (C=O) groups excluding carboxylic acids is 2. The van der Waals surface area contributed by atoms with Gasteiger partial charge in [0.15, 0.2) is 0 Å². The van der Waals surface area contributed by atoms with Crippen LogP contribution < -0.4 is 10.3 Å². The normalized spacial score (nSPS) is 17.3. The number of anilines is 1. The minimum absolute atomic E-state index is 0.0365. The van der Waals surface area contributed by atoms with Gasteiger partial charge in [-0.25, -0.2) is 5.43 Å². The topological polar surface area (TPSA) is 61.8 Å². The molecule has 0 spiro atoms. The average molecular weight is 447 g/mol. The predicted octanol–water partition coefficient (Wildman–Crippen LogP) is 3.10. The first-order valence-corrected chi connectivity index (χ1v) is 9.06. The summed E-state index contributed by atoms with van der Waals surface area (Å²) in [5.74, 6) is -0.655.